The quantitative estimate of drug-likeness (QED) is 0.347. The van der Waals surface area contributed by atoms with Gasteiger partial charge in [0, 0.05) is 13.1 Å². The van der Waals surface area contributed by atoms with Crippen LogP contribution in [0.2, 0.25) is 0 Å². The highest BCUT2D eigenvalue weighted by Gasteiger charge is 2.13. The van der Waals surface area contributed by atoms with Crippen LogP contribution in [0.25, 0.3) is 0 Å². The van der Waals surface area contributed by atoms with Gasteiger partial charge in [0.05, 0.1) is 12.4 Å². The standard InChI is InChI=1S/C11H19N5O/c1-4-8(5-2)16(3)10-7-13-9(6-14-10)11(12)15-17/h6-8,17H,4-5H2,1-3H3,(H2,12,15). The lowest BCUT2D eigenvalue weighted by atomic mass is 10.1. The number of oxime groups is 1. The smallest absolute Gasteiger partial charge is 0.190 e. The van der Waals surface area contributed by atoms with Crippen molar-refractivity contribution in [1.82, 2.24) is 9.97 Å². The molecule has 1 aromatic rings. The summed E-state index contributed by atoms with van der Waals surface area (Å²) in [6.45, 7) is 4.28. The van der Waals surface area contributed by atoms with Crippen LogP contribution in [0.5, 0.6) is 0 Å². The molecule has 6 heteroatoms. The zero-order valence-corrected chi connectivity index (χ0v) is 10.5. The molecule has 0 unspecified atom stereocenters. The van der Waals surface area contributed by atoms with Crippen LogP contribution in [0.4, 0.5) is 5.82 Å². The lowest BCUT2D eigenvalue weighted by Gasteiger charge is -2.26. The van der Waals surface area contributed by atoms with Gasteiger partial charge in [-0.1, -0.05) is 19.0 Å². The summed E-state index contributed by atoms with van der Waals surface area (Å²) in [5.74, 6) is 0.752. The molecule has 0 bridgehead atoms. The van der Waals surface area contributed by atoms with Crippen molar-refractivity contribution >= 4 is 11.7 Å². The largest absolute Gasteiger partial charge is 0.409 e. The molecular formula is C11H19N5O. The second-order valence-electron chi connectivity index (χ2n) is 3.83. The third kappa shape index (κ3) is 3.05. The Hall–Kier alpha value is -1.85. The number of rotatable bonds is 5. The topological polar surface area (TPSA) is 87.6 Å². The van der Waals surface area contributed by atoms with E-state index in [0.29, 0.717) is 11.7 Å². The minimum Gasteiger partial charge on any atom is -0.409 e. The molecule has 0 spiro atoms. The molecule has 0 saturated heterocycles. The normalized spacial score (nSPS) is 11.9. The first-order valence-electron chi connectivity index (χ1n) is 5.66. The molecule has 3 N–H and O–H groups in total. The molecule has 0 fully saturated rings. The highest BCUT2D eigenvalue weighted by atomic mass is 16.4. The van der Waals surface area contributed by atoms with E-state index in [1.807, 2.05) is 7.05 Å². The van der Waals surface area contributed by atoms with Gasteiger partial charge in [0.15, 0.2) is 5.84 Å². The number of hydrogen-bond acceptors (Lipinski definition) is 5. The van der Waals surface area contributed by atoms with Crippen molar-refractivity contribution in [1.29, 1.82) is 0 Å². The van der Waals surface area contributed by atoms with Gasteiger partial charge in [-0.05, 0) is 12.8 Å². The van der Waals surface area contributed by atoms with Gasteiger partial charge < -0.3 is 15.8 Å². The molecular weight excluding hydrogens is 218 g/mol. The molecule has 0 aliphatic heterocycles. The average molecular weight is 237 g/mol. The van der Waals surface area contributed by atoms with E-state index < -0.39 is 0 Å². The van der Waals surface area contributed by atoms with Crippen molar-refractivity contribution in [2.45, 2.75) is 32.7 Å². The summed E-state index contributed by atoms with van der Waals surface area (Å²) in [6, 6.07) is 0.444. The fraction of sp³-hybridized carbons (Fsp3) is 0.545. The Morgan fingerprint density at radius 1 is 1.41 bits per heavy atom. The third-order valence-corrected chi connectivity index (χ3v) is 2.86. The molecule has 0 aliphatic rings. The average Bonchev–Trinajstić information content (AvgIpc) is 2.39. The lowest BCUT2D eigenvalue weighted by molar-refractivity contribution is 0.318. The highest BCUT2D eigenvalue weighted by molar-refractivity contribution is 5.94. The maximum Gasteiger partial charge on any atom is 0.190 e. The second-order valence-corrected chi connectivity index (χ2v) is 3.83. The first-order valence-corrected chi connectivity index (χ1v) is 5.66. The van der Waals surface area contributed by atoms with Crippen LogP contribution in [0.1, 0.15) is 32.4 Å². The Kier molecular flexibility index (Phi) is 4.68. The molecule has 0 atom stereocenters. The fourth-order valence-electron chi connectivity index (χ4n) is 1.71. The van der Waals surface area contributed by atoms with Gasteiger partial charge in [0.2, 0.25) is 0 Å². The van der Waals surface area contributed by atoms with Crippen molar-refractivity contribution in [3.63, 3.8) is 0 Å². The Morgan fingerprint density at radius 2 is 2.06 bits per heavy atom. The van der Waals surface area contributed by atoms with Gasteiger partial charge in [0.1, 0.15) is 11.5 Å². The molecule has 0 saturated carbocycles. The van der Waals surface area contributed by atoms with Crippen LogP contribution in [0, 0.1) is 0 Å². The zero-order chi connectivity index (χ0) is 12.8. The summed E-state index contributed by atoms with van der Waals surface area (Å²) in [7, 11) is 1.99. The van der Waals surface area contributed by atoms with Crippen LogP contribution in [-0.4, -0.2) is 34.1 Å². The molecule has 0 aliphatic carbocycles. The van der Waals surface area contributed by atoms with Crippen LogP contribution in [0.3, 0.4) is 0 Å². The lowest BCUT2D eigenvalue weighted by Crippen LogP contribution is -2.31. The van der Waals surface area contributed by atoms with E-state index in [1.165, 1.54) is 6.20 Å². The zero-order valence-electron chi connectivity index (χ0n) is 10.5. The SMILES string of the molecule is CCC(CC)N(C)c1cnc(C(N)=NO)cn1. The number of hydrogen-bond donors (Lipinski definition) is 2. The van der Waals surface area contributed by atoms with Crippen molar-refractivity contribution in [3.8, 4) is 0 Å². The summed E-state index contributed by atoms with van der Waals surface area (Å²) < 4.78 is 0. The molecule has 1 aromatic heterocycles. The van der Waals surface area contributed by atoms with Gasteiger partial charge in [-0.15, -0.1) is 0 Å². The van der Waals surface area contributed by atoms with Gasteiger partial charge in [-0.3, -0.25) is 0 Å². The number of anilines is 1. The van der Waals surface area contributed by atoms with Crippen molar-refractivity contribution < 1.29 is 5.21 Å². The van der Waals surface area contributed by atoms with Crippen LogP contribution in [-0.2, 0) is 0 Å². The molecule has 1 heterocycles. The van der Waals surface area contributed by atoms with Gasteiger partial charge in [-0.2, -0.15) is 0 Å². The summed E-state index contributed by atoms with van der Waals surface area (Å²) in [6.07, 6.45) is 5.24. The van der Waals surface area contributed by atoms with E-state index >= 15 is 0 Å². The summed E-state index contributed by atoms with van der Waals surface area (Å²) >= 11 is 0. The monoisotopic (exact) mass is 237 g/mol. The molecule has 1 rings (SSSR count). The molecule has 0 aromatic carbocycles. The van der Waals surface area contributed by atoms with E-state index in [0.717, 1.165) is 18.7 Å². The summed E-state index contributed by atoms with van der Waals surface area (Å²) in [4.78, 5) is 10.4. The number of nitrogens with two attached hydrogens (primary N) is 1. The Morgan fingerprint density at radius 3 is 2.47 bits per heavy atom. The molecule has 0 radical (unpaired) electrons. The third-order valence-electron chi connectivity index (χ3n) is 2.86. The van der Waals surface area contributed by atoms with Gasteiger partial charge in [-0.25, -0.2) is 9.97 Å². The molecule has 0 amide bonds. The number of aromatic nitrogens is 2. The number of amidine groups is 1. The van der Waals surface area contributed by atoms with E-state index in [1.54, 1.807) is 6.20 Å². The first kappa shape index (κ1) is 13.2. The minimum atomic E-state index is -0.0331. The number of nitrogens with zero attached hydrogens (tertiary/aromatic N) is 4. The van der Waals surface area contributed by atoms with Crippen molar-refractivity contribution in [2.24, 2.45) is 10.9 Å². The Labute approximate surface area is 101 Å². The maximum absolute atomic E-state index is 8.52. The van der Waals surface area contributed by atoms with Crippen molar-refractivity contribution in [2.75, 3.05) is 11.9 Å². The predicted molar refractivity (Wildman–Crippen MR) is 67.3 cm³/mol. The second kappa shape index (κ2) is 6.03. The van der Waals surface area contributed by atoms with Crippen LogP contribution in [0.15, 0.2) is 17.5 Å². The van der Waals surface area contributed by atoms with Gasteiger partial charge >= 0.3 is 0 Å². The Balaban J connectivity index is 2.87. The van der Waals surface area contributed by atoms with E-state index in [-0.39, 0.29) is 5.84 Å². The van der Waals surface area contributed by atoms with Gasteiger partial charge in [0.25, 0.3) is 0 Å². The molecule has 17 heavy (non-hydrogen) atoms. The van der Waals surface area contributed by atoms with Crippen LogP contribution >= 0.6 is 0 Å². The van der Waals surface area contributed by atoms with Crippen molar-refractivity contribution in [3.05, 3.63) is 18.1 Å². The minimum absolute atomic E-state index is 0.0331. The molecule has 6 nitrogen and oxygen atoms in total. The summed E-state index contributed by atoms with van der Waals surface area (Å²) in [5.41, 5.74) is 5.79. The Bertz CT molecular complexity index is 372. The maximum atomic E-state index is 8.52. The predicted octanol–water partition coefficient (Wildman–Crippen LogP) is 1.20. The highest BCUT2D eigenvalue weighted by Crippen LogP contribution is 2.14. The van der Waals surface area contributed by atoms with Crippen LogP contribution < -0.4 is 10.6 Å². The first-order chi connectivity index (χ1) is 8.13. The van der Waals surface area contributed by atoms with E-state index in [2.05, 4.69) is 33.9 Å². The summed E-state index contributed by atoms with van der Waals surface area (Å²) in [5, 5.41) is 11.4. The fourth-order valence-corrected chi connectivity index (χ4v) is 1.71. The molecule has 94 valence electrons. The van der Waals surface area contributed by atoms with E-state index in [9.17, 15) is 0 Å². The van der Waals surface area contributed by atoms with E-state index in [4.69, 9.17) is 10.9 Å².